The molecular weight excluding hydrogens is 216 g/mol. The minimum Gasteiger partial charge on any atom is -0.373 e. The molecule has 0 aliphatic carbocycles. The van der Waals surface area contributed by atoms with Crippen molar-refractivity contribution in [1.82, 2.24) is 9.78 Å². The SMILES string of the molecule is COC(C(=O)CCc1cnn(C)c1)C(C)(C)C. The fraction of sp³-hybridized carbons (Fsp3) is 0.692. The molecule has 0 fully saturated rings. The summed E-state index contributed by atoms with van der Waals surface area (Å²) in [6.07, 6.45) is 4.63. The van der Waals surface area contributed by atoms with E-state index >= 15 is 0 Å². The summed E-state index contributed by atoms with van der Waals surface area (Å²) in [5, 5.41) is 4.08. The Bertz CT molecular complexity index is 377. The highest BCUT2D eigenvalue weighted by Crippen LogP contribution is 2.23. The molecule has 0 radical (unpaired) electrons. The molecule has 1 heterocycles. The van der Waals surface area contributed by atoms with Crippen LogP contribution in [0.5, 0.6) is 0 Å². The number of aryl methyl sites for hydroxylation is 2. The molecular formula is C13H22N2O2. The van der Waals surface area contributed by atoms with Gasteiger partial charge in [0, 0.05) is 26.8 Å². The van der Waals surface area contributed by atoms with Gasteiger partial charge in [-0.1, -0.05) is 20.8 Å². The number of Topliss-reactive ketones (excluding diaryl/α,β-unsaturated/α-hetero) is 1. The molecule has 0 aliphatic rings. The van der Waals surface area contributed by atoms with Crippen molar-refractivity contribution in [1.29, 1.82) is 0 Å². The van der Waals surface area contributed by atoms with Gasteiger partial charge in [0.05, 0.1) is 6.20 Å². The third-order valence-electron chi connectivity index (χ3n) is 2.73. The average Bonchev–Trinajstić information content (AvgIpc) is 2.60. The first kappa shape index (κ1) is 13.9. The van der Waals surface area contributed by atoms with Crippen LogP contribution >= 0.6 is 0 Å². The molecule has 1 unspecified atom stereocenters. The van der Waals surface area contributed by atoms with E-state index in [1.165, 1.54) is 0 Å². The molecule has 0 saturated carbocycles. The highest BCUT2D eigenvalue weighted by Gasteiger charge is 2.30. The van der Waals surface area contributed by atoms with Crippen LogP contribution in [0.25, 0.3) is 0 Å². The van der Waals surface area contributed by atoms with Crippen LogP contribution in [0.15, 0.2) is 12.4 Å². The molecule has 4 heteroatoms. The Balaban J connectivity index is 2.54. The number of carbonyl (C=O) groups excluding carboxylic acids is 1. The maximum Gasteiger partial charge on any atom is 0.162 e. The molecule has 1 rings (SSSR count). The van der Waals surface area contributed by atoms with Crippen LogP contribution in [0.4, 0.5) is 0 Å². The number of methoxy groups -OCH3 is 1. The summed E-state index contributed by atoms with van der Waals surface area (Å²) >= 11 is 0. The lowest BCUT2D eigenvalue weighted by molar-refractivity contribution is -0.134. The first-order chi connectivity index (χ1) is 7.84. The average molecular weight is 238 g/mol. The zero-order chi connectivity index (χ0) is 13.1. The fourth-order valence-electron chi connectivity index (χ4n) is 1.97. The molecule has 1 aromatic rings. The van der Waals surface area contributed by atoms with Gasteiger partial charge in [-0.15, -0.1) is 0 Å². The first-order valence-electron chi connectivity index (χ1n) is 5.87. The summed E-state index contributed by atoms with van der Waals surface area (Å²) in [4.78, 5) is 12.0. The van der Waals surface area contributed by atoms with Gasteiger partial charge in [0.15, 0.2) is 5.78 Å². The third kappa shape index (κ3) is 3.97. The Morgan fingerprint density at radius 2 is 2.18 bits per heavy atom. The van der Waals surface area contributed by atoms with E-state index in [1.54, 1.807) is 18.0 Å². The van der Waals surface area contributed by atoms with Crippen molar-refractivity contribution in [2.75, 3.05) is 7.11 Å². The highest BCUT2D eigenvalue weighted by atomic mass is 16.5. The van der Waals surface area contributed by atoms with Crippen LogP contribution in [0.3, 0.4) is 0 Å². The maximum atomic E-state index is 12.0. The van der Waals surface area contributed by atoms with Gasteiger partial charge >= 0.3 is 0 Å². The van der Waals surface area contributed by atoms with Crippen molar-refractivity contribution in [3.05, 3.63) is 18.0 Å². The van der Waals surface area contributed by atoms with Crippen molar-refractivity contribution in [3.8, 4) is 0 Å². The quantitative estimate of drug-likeness (QED) is 0.788. The lowest BCUT2D eigenvalue weighted by atomic mass is 9.85. The molecule has 0 amide bonds. The summed E-state index contributed by atoms with van der Waals surface area (Å²) < 4.78 is 7.05. The summed E-state index contributed by atoms with van der Waals surface area (Å²) in [5.74, 6) is 0.156. The maximum absolute atomic E-state index is 12.0. The molecule has 96 valence electrons. The molecule has 0 aromatic carbocycles. The van der Waals surface area contributed by atoms with E-state index in [0.717, 1.165) is 12.0 Å². The van der Waals surface area contributed by atoms with E-state index in [4.69, 9.17) is 4.74 Å². The third-order valence-corrected chi connectivity index (χ3v) is 2.73. The Kier molecular flexibility index (Phi) is 4.46. The van der Waals surface area contributed by atoms with Crippen LogP contribution in [-0.2, 0) is 23.0 Å². The number of hydrogen-bond donors (Lipinski definition) is 0. The normalized spacial score (nSPS) is 13.7. The highest BCUT2D eigenvalue weighted by molar-refractivity contribution is 5.84. The number of carbonyl (C=O) groups is 1. The molecule has 0 saturated heterocycles. The van der Waals surface area contributed by atoms with Crippen molar-refractivity contribution in [2.24, 2.45) is 12.5 Å². The summed E-state index contributed by atoms with van der Waals surface area (Å²) in [7, 11) is 3.47. The first-order valence-corrected chi connectivity index (χ1v) is 5.87. The topological polar surface area (TPSA) is 44.1 Å². The van der Waals surface area contributed by atoms with Gasteiger partial charge in [0.1, 0.15) is 6.10 Å². The van der Waals surface area contributed by atoms with E-state index in [1.807, 2.05) is 34.0 Å². The molecule has 4 nitrogen and oxygen atoms in total. The zero-order valence-corrected chi connectivity index (χ0v) is 11.4. The van der Waals surface area contributed by atoms with Gasteiger partial charge in [-0.25, -0.2) is 0 Å². The molecule has 0 aliphatic heterocycles. The van der Waals surface area contributed by atoms with E-state index in [2.05, 4.69) is 5.10 Å². The Morgan fingerprint density at radius 1 is 1.53 bits per heavy atom. The van der Waals surface area contributed by atoms with Crippen molar-refractivity contribution < 1.29 is 9.53 Å². The van der Waals surface area contributed by atoms with Gasteiger partial charge in [-0.3, -0.25) is 9.48 Å². The minimum atomic E-state index is -0.334. The van der Waals surface area contributed by atoms with E-state index in [-0.39, 0.29) is 17.3 Å². The molecule has 0 N–H and O–H groups in total. The predicted octanol–water partition coefficient (Wildman–Crippen LogP) is 1.98. The molecule has 0 bridgehead atoms. The van der Waals surface area contributed by atoms with Crippen LogP contribution in [0.2, 0.25) is 0 Å². The van der Waals surface area contributed by atoms with Gasteiger partial charge in [0.2, 0.25) is 0 Å². The van der Waals surface area contributed by atoms with Gasteiger partial charge in [0.25, 0.3) is 0 Å². The number of aromatic nitrogens is 2. The Morgan fingerprint density at radius 3 is 2.59 bits per heavy atom. The number of rotatable bonds is 5. The number of hydrogen-bond acceptors (Lipinski definition) is 3. The van der Waals surface area contributed by atoms with Gasteiger partial charge in [-0.2, -0.15) is 5.10 Å². The van der Waals surface area contributed by atoms with Crippen molar-refractivity contribution in [2.45, 2.75) is 39.7 Å². The number of ketones is 1. The Hall–Kier alpha value is -1.16. The zero-order valence-electron chi connectivity index (χ0n) is 11.4. The van der Waals surface area contributed by atoms with E-state index in [0.29, 0.717) is 6.42 Å². The fourth-order valence-corrected chi connectivity index (χ4v) is 1.97. The second-order valence-corrected chi connectivity index (χ2v) is 5.47. The second kappa shape index (κ2) is 5.45. The largest absolute Gasteiger partial charge is 0.373 e. The van der Waals surface area contributed by atoms with Crippen LogP contribution in [-0.4, -0.2) is 28.8 Å². The lowest BCUT2D eigenvalue weighted by Crippen LogP contribution is -2.36. The summed E-state index contributed by atoms with van der Waals surface area (Å²) in [6.45, 7) is 6.05. The molecule has 1 aromatic heterocycles. The molecule has 1 atom stereocenters. The van der Waals surface area contributed by atoms with Crippen LogP contribution in [0, 0.1) is 5.41 Å². The standard InChI is InChI=1S/C13H22N2O2/c1-13(2,3)12(17-5)11(16)7-6-10-8-14-15(4)9-10/h8-9,12H,6-7H2,1-5H3. The van der Waals surface area contributed by atoms with Crippen LogP contribution in [0.1, 0.15) is 32.8 Å². The predicted molar refractivity (Wildman–Crippen MR) is 66.8 cm³/mol. The monoisotopic (exact) mass is 238 g/mol. The lowest BCUT2D eigenvalue weighted by Gasteiger charge is -2.27. The molecule has 0 spiro atoms. The van der Waals surface area contributed by atoms with Crippen molar-refractivity contribution in [3.63, 3.8) is 0 Å². The Labute approximate surface area is 103 Å². The van der Waals surface area contributed by atoms with Gasteiger partial charge < -0.3 is 4.74 Å². The van der Waals surface area contributed by atoms with Crippen LogP contribution < -0.4 is 0 Å². The smallest absolute Gasteiger partial charge is 0.162 e. The van der Waals surface area contributed by atoms with Crippen molar-refractivity contribution >= 4 is 5.78 Å². The number of ether oxygens (including phenoxy) is 1. The molecule has 17 heavy (non-hydrogen) atoms. The van der Waals surface area contributed by atoms with Gasteiger partial charge in [-0.05, 0) is 17.4 Å². The minimum absolute atomic E-state index is 0.152. The second-order valence-electron chi connectivity index (χ2n) is 5.47. The van der Waals surface area contributed by atoms with E-state index in [9.17, 15) is 4.79 Å². The van der Waals surface area contributed by atoms with E-state index < -0.39 is 0 Å². The summed E-state index contributed by atoms with van der Waals surface area (Å²) in [6, 6.07) is 0. The summed E-state index contributed by atoms with van der Waals surface area (Å²) in [5.41, 5.74) is 0.936. The number of nitrogens with zero attached hydrogens (tertiary/aromatic N) is 2.